The summed E-state index contributed by atoms with van der Waals surface area (Å²) in [4.78, 5) is 28.2. The molecule has 0 spiro atoms. The highest BCUT2D eigenvalue weighted by atomic mass is 32.2. The predicted molar refractivity (Wildman–Crippen MR) is 97.8 cm³/mol. The number of sulfone groups is 1. The van der Waals surface area contributed by atoms with Crippen LogP contribution in [0.5, 0.6) is 0 Å². The van der Waals surface area contributed by atoms with Gasteiger partial charge in [-0.25, -0.2) is 18.0 Å². The van der Waals surface area contributed by atoms with Crippen LogP contribution < -0.4 is 10.6 Å². The summed E-state index contributed by atoms with van der Waals surface area (Å²) in [6.45, 7) is 7.49. The summed E-state index contributed by atoms with van der Waals surface area (Å²) in [5, 5.41) is 5.54. The van der Waals surface area contributed by atoms with Crippen molar-refractivity contribution in [2.24, 2.45) is 0 Å². The predicted octanol–water partition coefficient (Wildman–Crippen LogP) is 0.0238. The van der Waals surface area contributed by atoms with E-state index < -0.39 is 21.5 Å². The Hall–Kier alpha value is -1.55. The van der Waals surface area contributed by atoms with Crippen molar-refractivity contribution in [1.29, 1.82) is 0 Å². The normalized spacial score (nSPS) is 26.4. The number of carbonyl (C=O) groups is 2. The lowest BCUT2D eigenvalue weighted by atomic mass is 10.1. The van der Waals surface area contributed by atoms with E-state index in [2.05, 4.69) is 15.5 Å². The van der Waals surface area contributed by atoms with E-state index in [1.54, 1.807) is 25.7 Å². The van der Waals surface area contributed by atoms with Crippen LogP contribution in [-0.4, -0.2) is 92.8 Å². The van der Waals surface area contributed by atoms with Crippen molar-refractivity contribution in [3.8, 4) is 0 Å². The van der Waals surface area contributed by atoms with Crippen LogP contribution in [0, 0.1) is 0 Å². The number of urea groups is 1. The monoisotopic (exact) mass is 390 g/mol. The number of nitrogens with zero attached hydrogens (tertiary/aromatic N) is 2. The van der Waals surface area contributed by atoms with Gasteiger partial charge in [0.25, 0.3) is 0 Å². The minimum Gasteiger partial charge on any atom is -0.444 e. The molecule has 2 saturated heterocycles. The highest BCUT2D eigenvalue weighted by molar-refractivity contribution is 7.91. The van der Waals surface area contributed by atoms with Crippen LogP contribution in [0.1, 0.15) is 27.2 Å². The van der Waals surface area contributed by atoms with Gasteiger partial charge in [-0.2, -0.15) is 0 Å². The number of ether oxygens (including phenoxy) is 1. The first-order chi connectivity index (χ1) is 12.0. The number of carbonyl (C=O) groups excluding carboxylic acids is 2. The third kappa shape index (κ3) is 6.31. The topological polar surface area (TPSA) is 108 Å². The lowest BCUT2D eigenvalue weighted by Gasteiger charge is -2.40. The van der Waals surface area contributed by atoms with Gasteiger partial charge >= 0.3 is 12.1 Å². The maximum Gasteiger partial charge on any atom is 0.407 e. The third-order valence-corrected chi connectivity index (χ3v) is 6.16. The zero-order valence-electron chi connectivity index (χ0n) is 15.9. The van der Waals surface area contributed by atoms with E-state index in [0.717, 1.165) is 6.54 Å². The number of hydrogen-bond acceptors (Lipinski definition) is 6. The lowest BCUT2D eigenvalue weighted by molar-refractivity contribution is 0.0485. The highest BCUT2D eigenvalue weighted by Gasteiger charge is 2.34. The van der Waals surface area contributed by atoms with Gasteiger partial charge in [0.05, 0.1) is 17.5 Å². The molecule has 10 heteroatoms. The lowest BCUT2D eigenvalue weighted by Crippen LogP contribution is -2.61. The van der Waals surface area contributed by atoms with E-state index in [1.165, 1.54) is 0 Å². The molecule has 2 aliphatic heterocycles. The van der Waals surface area contributed by atoms with E-state index in [1.807, 2.05) is 7.05 Å². The van der Waals surface area contributed by atoms with E-state index >= 15 is 0 Å². The van der Waals surface area contributed by atoms with Gasteiger partial charge in [-0.3, -0.25) is 0 Å². The fraction of sp³-hybridized carbons (Fsp3) is 0.875. The molecule has 2 N–H and O–H groups in total. The number of likely N-dealkylation sites (N-methyl/N-ethyl adjacent to an activating group) is 1. The minimum absolute atomic E-state index is 0.00664. The molecule has 2 aliphatic rings. The Morgan fingerprint density at radius 3 is 2.50 bits per heavy atom. The summed E-state index contributed by atoms with van der Waals surface area (Å²) in [7, 11) is -1.09. The van der Waals surface area contributed by atoms with Crippen LogP contribution >= 0.6 is 0 Å². The molecule has 9 nitrogen and oxygen atoms in total. The first-order valence-corrected chi connectivity index (χ1v) is 10.7. The molecule has 3 amide bonds. The van der Waals surface area contributed by atoms with E-state index in [4.69, 9.17) is 4.74 Å². The molecule has 2 heterocycles. The molecule has 2 fully saturated rings. The Morgan fingerprint density at radius 1 is 1.23 bits per heavy atom. The van der Waals surface area contributed by atoms with Crippen molar-refractivity contribution >= 4 is 22.0 Å². The second kappa shape index (κ2) is 7.99. The molecule has 0 aliphatic carbocycles. The zero-order chi connectivity index (χ0) is 19.5. The number of alkyl carbamates (subject to hydrolysis) is 1. The van der Waals surface area contributed by atoms with Gasteiger partial charge in [0, 0.05) is 32.2 Å². The second-order valence-corrected chi connectivity index (χ2v) is 10.3. The van der Waals surface area contributed by atoms with Gasteiger partial charge in [0.1, 0.15) is 5.60 Å². The molecule has 0 aromatic carbocycles. The van der Waals surface area contributed by atoms with Gasteiger partial charge in [0.15, 0.2) is 9.84 Å². The van der Waals surface area contributed by atoms with Crippen molar-refractivity contribution in [2.75, 3.05) is 44.7 Å². The smallest absolute Gasteiger partial charge is 0.407 e. The molecule has 2 rings (SSSR count). The Balaban J connectivity index is 1.92. The Labute approximate surface area is 155 Å². The van der Waals surface area contributed by atoms with Crippen LogP contribution in [0.15, 0.2) is 0 Å². The Bertz CT molecular complexity index is 631. The summed E-state index contributed by atoms with van der Waals surface area (Å²) in [5.74, 6) is 0.109. The SMILES string of the molecule is CN1CCN(C(=O)N[C@H]2CCS(=O)(=O)C2)[C@@H](CNC(=O)OC(C)(C)C)C1. The minimum atomic E-state index is -3.05. The van der Waals surface area contributed by atoms with Gasteiger partial charge in [0.2, 0.25) is 0 Å². The van der Waals surface area contributed by atoms with E-state index in [9.17, 15) is 18.0 Å². The first kappa shape index (κ1) is 20.8. The molecule has 0 unspecified atom stereocenters. The summed E-state index contributed by atoms with van der Waals surface area (Å²) in [6, 6.07) is -0.831. The largest absolute Gasteiger partial charge is 0.444 e. The molecule has 26 heavy (non-hydrogen) atoms. The quantitative estimate of drug-likeness (QED) is 0.704. The summed E-state index contributed by atoms with van der Waals surface area (Å²) in [5.41, 5.74) is -0.585. The van der Waals surface area contributed by atoms with Crippen molar-refractivity contribution in [1.82, 2.24) is 20.4 Å². The van der Waals surface area contributed by atoms with Gasteiger partial charge < -0.3 is 25.2 Å². The highest BCUT2D eigenvalue weighted by Crippen LogP contribution is 2.14. The number of nitrogens with one attached hydrogen (secondary N) is 2. The van der Waals surface area contributed by atoms with Gasteiger partial charge in [-0.1, -0.05) is 0 Å². The average molecular weight is 391 g/mol. The second-order valence-electron chi connectivity index (χ2n) is 8.04. The number of rotatable bonds is 3. The Kier molecular flexibility index (Phi) is 6.38. The summed E-state index contributed by atoms with van der Waals surface area (Å²) < 4.78 is 28.4. The fourth-order valence-electron chi connectivity index (χ4n) is 3.13. The maximum atomic E-state index is 12.6. The maximum absolute atomic E-state index is 12.6. The molecular weight excluding hydrogens is 360 g/mol. The summed E-state index contributed by atoms with van der Waals surface area (Å²) >= 11 is 0. The van der Waals surface area contributed by atoms with E-state index in [-0.39, 0.29) is 36.2 Å². The molecule has 0 aromatic heterocycles. The molecular formula is C16H30N4O5S. The van der Waals surface area contributed by atoms with Crippen molar-refractivity contribution < 1.29 is 22.7 Å². The standard InChI is InChI=1S/C16H30N4O5S/c1-16(2,3)25-15(22)17-9-13-10-19(4)6-7-20(13)14(21)18-12-5-8-26(23,24)11-12/h12-13H,5-11H2,1-4H3,(H,17,22)(H,18,21)/t12-,13-/m0/s1. The van der Waals surface area contributed by atoms with Crippen molar-refractivity contribution in [3.05, 3.63) is 0 Å². The molecule has 0 radical (unpaired) electrons. The van der Waals surface area contributed by atoms with Crippen LogP contribution in [0.25, 0.3) is 0 Å². The van der Waals surface area contributed by atoms with Gasteiger partial charge in [-0.05, 0) is 34.2 Å². The third-order valence-electron chi connectivity index (χ3n) is 4.39. The van der Waals surface area contributed by atoms with Crippen LogP contribution in [0.3, 0.4) is 0 Å². The van der Waals surface area contributed by atoms with E-state index in [0.29, 0.717) is 19.5 Å². The van der Waals surface area contributed by atoms with Crippen LogP contribution in [0.4, 0.5) is 9.59 Å². The van der Waals surface area contributed by atoms with Crippen LogP contribution in [-0.2, 0) is 14.6 Å². The molecule has 0 aromatic rings. The Morgan fingerprint density at radius 2 is 1.92 bits per heavy atom. The summed E-state index contributed by atoms with van der Waals surface area (Å²) in [6.07, 6.45) is -0.0733. The zero-order valence-corrected chi connectivity index (χ0v) is 16.8. The number of hydrogen-bond donors (Lipinski definition) is 2. The molecule has 0 saturated carbocycles. The molecule has 0 bridgehead atoms. The molecule has 150 valence electrons. The van der Waals surface area contributed by atoms with Crippen molar-refractivity contribution in [2.45, 2.75) is 44.9 Å². The average Bonchev–Trinajstić information content (AvgIpc) is 2.82. The number of amides is 3. The number of piperazine rings is 1. The van der Waals surface area contributed by atoms with Crippen molar-refractivity contribution in [3.63, 3.8) is 0 Å². The fourth-order valence-corrected chi connectivity index (χ4v) is 4.81. The first-order valence-electron chi connectivity index (χ1n) is 8.88. The molecule has 2 atom stereocenters. The van der Waals surface area contributed by atoms with Crippen LogP contribution in [0.2, 0.25) is 0 Å². The van der Waals surface area contributed by atoms with Gasteiger partial charge in [-0.15, -0.1) is 0 Å².